The molecule has 140 valence electrons. The van der Waals surface area contributed by atoms with Crippen LogP contribution in [0.25, 0.3) is 0 Å². The van der Waals surface area contributed by atoms with Crippen molar-refractivity contribution in [1.82, 2.24) is 4.98 Å². The first-order chi connectivity index (χ1) is 13.6. The van der Waals surface area contributed by atoms with Crippen LogP contribution < -0.4 is 9.91 Å². The van der Waals surface area contributed by atoms with Gasteiger partial charge in [-0.2, -0.15) is 5.10 Å². The number of aryl methyl sites for hydroxylation is 1. The zero-order valence-electron chi connectivity index (χ0n) is 15.3. The molecule has 0 atom stereocenters. The third-order valence-electron chi connectivity index (χ3n) is 4.30. The molecule has 0 aliphatic carbocycles. The molecule has 7 heteroatoms. The van der Waals surface area contributed by atoms with E-state index < -0.39 is 0 Å². The number of amides is 2. The number of thiazole rings is 1. The number of hydrazone groups is 1. The average Bonchev–Trinajstić information content (AvgIpc) is 3.15. The third-order valence-corrected chi connectivity index (χ3v) is 5.24. The Balaban J connectivity index is 1.73. The maximum atomic E-state index is 13.4. The number of rotatable bonds is 4. The van der Waals surface area contributed by atoms with Crippen molar-refractivity contribution in [2.75, 3.05) is 9.91 Å². The highest BCUT2D eigenvalue weighted by molar-refractivity contribution is 7.14. The molecule has 0 saturated heterocycles. The lowest BCUT2D eigenvalue weighted by atomic mass is 10.1. The fraction of sp³-hybridized carbons (Fsp3) is 0.143. The van der Waals surface area contributed by atoms with Gasteiger partial charge in [0.1, 0.15) is 5.71 Å². The van der Waals surface area contributed by atoms with Gasteiger partial charge in [-0.05, 0) is 31.2 Å². The predicted molar refractivity (Wildman–Crippen MR) is 111 cm³/mol. The van der Waals surface area contributed by atoms with Crippen LogP contribution in [0.2, 0.25) is 0 Å². The number of anilines is 3. The summed E-state index contributed by atoms with van der Waals surface area (Å²) in [7, 11) is 0. The summed E-state index contributed by atoms with van der Waals surface area (Å²) in [6, 6.07) is 18.5. The van der Waals surface area contributed by atoms with Gasteiger partial charge in [-0.25, -0.2) is 9.99 Å². The minimum absolute atomic E-state index is 0.126. The second-order valence-electron chi connectivity index (χ2n) is 6.34. The van der Waals surface area contributed by atoms with Crippen molar-refractivity contribution >= 4 is 45.4 Å². The maximum Gasteiger partial charge on any atom is 0.280 e. The zero-order valence-corrected chi connectivity index (χ0v) is 16.1. The number of hydrogen-bond donors (Lipinski definition) is 0. The van der Waals surface area contributed by atoms with E-state index in [1.165, 1.54) is 16.3 Å². The molecule has 28 heavy (non-hydrogen) atoms. The summed E-state index contributed by atoms with van der Waals surface area (Å²) in [5.41, 5.74) is 2.54. The molecule has 2 heterocycles. The second-order valence-corrected chi connectivity index (χ2v) is 7.17. The van der Waals surface area contributed by atoms with E-state index in [4.69, 9.17) is 0 Å². The average molecular weight is 390 g/mol. The Labute approximate surface area is 166 Å². The van der Waals surface area contributed by atoms with Crippen molar-refractivity contribution in [1.29, 1.82) is 0 Å². The summed E-state index contributed by atoms with van der Waals surface area (Å²) in [4.78, 5) is 31.8. The largest absolute Gasteiger partial charge is 0.280 e. The standard InChI is InChI=1S/C21H18N4O2S/c1-15-14-28-21(22-15)24(16-8-4-2-5-9-16)20(27)18-12-13-19(26)25(23-18)17-10-6-3-7-11-17/h2-11,14H,12-13H2,1H3. The Morgan fingerprint density at radius 2 is 1.71 bits per heavy atom. The number of para-hydroxylation sites is 2. The van der Waals surface area contributed by atoms with Gasteiger partial charge < -0.3 is 0 Å². The highest BCUT2D eigenvalue weighted by Crippen LogP contribution is 2.30. The van der Waals surface area contributed by atoms with Crippen LogP contribution in [0.5, 0.6) is 0 Å². The monoisotopic (exact) mass is 390 g/mol. The molecule has 0 bridgehead atoms. The van der Waals surface area contributed by atoms with Crippen LogP contribution in [0.15, 0.2) is 71.1 Å². The molecule has 0 radical (unpaired) electrons. The van der Waals surface area contributed by atoms with Crippen molar-refractivity contribution < 1.29 is 9.59 Å². The minimum Gasteiger partial charge on any atom is -0.273 e. The SMILES string of the molecule is Cc1csc(N(C(=O)C2=NN(c3ccccc3)C(=O)CC2)c2ccccc2)n1. The van der Waals surface area contributed by atoms with Crippen LogP contribution in [-0.4, -0.2) is 22.5 Å². The van der Waals surface area contributed by atoms with Crippen molar-refractivity contribution in [3.05, 3.63) is 71.7 Å². The molecule has 1 aliphatic rings. The Hall–Kier alpha value is -3.32. The van der Waals surface area contributed by atoms with E-state index in [1.807, 2.05) is 60.8 Å². The van der Waals surface area contributed by atoms with Crippen molar-refractivity contribution in [2.45, 2.75) is 19.8 Å². The van der Waals surface area contributed by atoms with Gasteiger partial charge in [0.25, 0.3) is 5.91 Å². The smallest absolute Gasteiger partial charge is 0.273 e. The Kier molecular flexibility index (Phi) is 4.99. The highest BCUT2D eigenvalue weighted by Gasteiger charge is 2.30. The molecular formula is C21H18N4O2S. The molecule has 0 fully saturated rings. The number of carbonyl (C=O) groups excluding carboxylic acids is 2. The predicted octanol–water partition coefficient (Wildman–Crippen LogP) is 4.30. The number of benzene rings is 2. The van der Waals surface area contributed by atoms with E-state index in [2.05, 4.69) is 10.1 Å². The van der Waals surface area contributed by atoms with Crippen LogP contribution in [0, 0.1) is 6.92 Å². The lowest BCUT2D eigenvalue weighted by Gasteiger charge is -2.26. The Bertz CT molecular complexity index is 1030. The normalized spacial score (nSPS) is 14.0. The quantitative estimate of drug-likeness (QED) is 0.667. The van der Waals surface area contributed by atoms with Crippen LogP contribution >= 0.6 is 11.3 Å². The van der Waals surface area contributed by atoms with Crippen LogP contribution in [0.1, 0.15) is 18.5 Å². The molecule has 2 aromatic carbocycles. The summed E-state index contributed by atoms with van der Waals surface area (Å²) in [6.07, 6.45) is 0.535. The first-order valence-corrected chi connectivity index (χ1v) is 9.78. The molecule has 0 unspecified atom stereocenters. The van der Waals surface area contributed by atoms with Gasteiger partial charge in [0.05, 0.1) is 17.1 Å². The van der Waals surface area contributed by atoms with E-state index in [1.54, 1.807) is 17.0 Å². The molecule has 1 aliphatic heterocycles. The van der Waals surface area contributed by atoms with E-state index in [9.17, 15) is 9.59 Å². The third kappa shape index (κ3) is 3.57. The summed E-state index contributed by atoms with van der Waals surface area (Å²) in [5, 5.41) is 8.20. The van der Waals surface area contributed by atoms with Gasteiger partial charge in [-0.3, -0.25) is 14.5 Å². The van der Waals surface area contributed by atoms with Gasteiger partial charge in [-0.1, -0.05) is 36.4 Å². The van der Waals surface area contributed by atoms with Crippen molar-refractivity contribution in [2.24, 2.45) is 5.10 Å². The van der Waals surface area contributed by atoms with Gasteiger partial charge in [0, 0.05) is 18.2 Å². The van der Waals surface area contributed by atoms with Gasteiger partial charge in [-0.15, -0.1) is 11.3 Å². The Morgan fingerprint density at radius 1 is 1.04 bits per heavy atom. The number of hydrogen-bond acceptors (Lipinski definition) is 5. The van der Waals surface area contributed by atoms with Gasteiger partial charge >= 0.3 is 0 Å². The molecule has 6 nitrogen and oxygen atoms in total. The first-order valence-electron chi connectivity index (χ1n) is 8.90. The van der Waals surface area contributed by atoms with E-state index in [-0.39, 0.29) is 18.2 Å². The summed E-state index contributed by atoms with van der Waals surface area (Å²) < 4.78 is 0. The lowest BCUT2D eigenvalue weighted by Crippen LogP contribution is -2.39. The number of aromatic nitrogens is 1. The summed E-state index contributed by atoms with van der Waals surface area (Å²) >= 11 is 1.40. The van der Waals surface area contributed by atoms with E-state index in [0.29, 0.717) is 28.6 Å². The first kappa shape index (κ1) is 18.1. The van der Waals surface area contributed by atoms with E-state index >= 15 is 0 Å². The van der Waals surface area contributed by atoms with E-state index in [0.717, 1.165) is 5.69 Å². The summed E-state index contributed by atoms with van der Waals surface area (Å²) in [6.45, 7) is 1.89. The van der Waals surface area contributed by atoms with Crippen molar-refractivity contribution in [3.63, 3.8) is 0 Å². The van der Waals surface area contributed by atoms with Crippen LogP contribution in [0.3, 0.4) is 0 Å². The molecule has 0 spiro atoms. The highest BCUT2D eigenvalue weighted by atomic mass is 32.1. The molecule has 4 rings (SSSR count). The maximum absolute atomic E-state index is 13.4. The lowest BCUT2D eigenvalue weighted by molar-refractivity contribution is -0.118. The molecule has 1 aromatic heterocycles. The fourth-order valence-corrected chi connectivity index (χ4v) is 3.76. The minimum atomic E-state index is -0.269. The molecule has 2 amide bonds. The Morgan fingerprint density at radius 3 is 2.36 bits per heavy atom. The van der Waals surface area contributed by atoms with Crippen LogP contribution in [-0.2, 0) is 9.59 Å². The zero-order chi connectivity index (χ0) is 19.5. The van der Waals surface area contributed by atoms with Crippen molar-refractivity contribution in [3.8, 4) is 0 Å². The van der Waals surface area contributed by atoms with Crippen LogP contribution in [0.4, 0.5) is 16.5 Å². The number of nitrogens with zero attached hydrogens (tertiary/aromatic N) is 4. The number of carbonyl (C=O) groups is 2. The molecular weight excluding hydrogens is 372 g/mol. The summed E-state index contributed by atoms with van der Waals surface area (Å²) in [5.74, 6) is -0.395. The molecule has 0 N–H and O–H groups in total. The molecule has 0 saturated carbocycles. The van der Waals surface area contributed by atoms with Gasteiger partial charge in [0.15, 0.2) is 5.13 Å². The topological polar surface area (TPSA) is 65.9 Å². The fourth-order valence-electron chi connectivity index (χ4n) is 2.94. The van der Waals surface area contributed by atoms with Gasteiger partial charge in [0.2, 0.25) is 5.91 Å². The molecule has 3 aromatic rings. The second kappa shape index (κ2) is 7.74.